The zero-order valence-electron chi connectivity index (χ0n) is 5.26. The lowest BCUT2D eigenvalue weighted by atomic mass is 10.1. The van der Waals surface area contributed by atoms with Crippen molar-refractivity contribution in [3.05, 3.63) is 0 Å². The minimum absolute atomic E-state index is 0.236. The Kier molecular flexibility index (Phi) is 3.35. The first kappa shape index (κ1) is 7.56. The summed E-state index contributed by atoms with van der Waals surface area (Å²) in [5.74, 6) is 0. The van der Waals surface area contributed by atoms with E-state index in [4.69, 9.17) is 10.6 Å². The van der Waals surface area contributed by atoms with Crippen LogP contribution in [0.3, 0.4) is 0 Å². The van der Waals surface area contributed by atoms with Crippen LogP contribution in [0, 0.1) is 5.53 Å². The Morgan fingerprint density at radius 3 is 2.38 bits per heavy atom. The second-order valence-corrected chi connectivity index (χ2v) is 1.85. The molecule has 0 radical (unpaired) electrons. The van der Waals surface area contributed by atoms with Crippen molar-refractivity contribution in [2.45, 2.75) is 32.4 Å². The molecule has 0 amide bonds. The first-order chi connectivity index (χ1) is 3.72. The maximum atomic E-state index is 8.91. The van der Waals surface area contributed by atoms with Crippen LogP contribution in [0.1, 0.15) is 20.3 Å². The largest absolute Gasteiger partial charge is 0.391 e. The van der Waals surface area contributed by atoms with E-state index in [1.54, 1.807) is 6.92 Å². The van der Waals surface area contributed by atoms with Gasteiger partial charge in [0.25, 0.3) is 0 Å². The summed E-state index contributed by atoms with van der Waals surface area (Å²) in [6.07, 6.45) is 0.233. The van der Waals surface area contributed by atoms with E-state index in [2.05, 4.69) is 5.11 Å². The number of hydrogen-bond acceptors (Lipinski definition) is 3. The smallest absolute Gasteiger partial charge is 0.0935 e. The second-order valence-electron chi connectivity index (χ2n) is 1.85. The van der Waals surface area contributed by atoms with Crippen LogP contribution in [0.4, 0.5) is 0 Å². The third-order valence-corrected chi connectivity index (χ3v) is 1.18. The molecule has 0 fully saturated rings. The number of rotatable bonds is 3. The quantitative estimate of drug-likeness (QED) is 0.534. The van der Waals surface area contributed by atoms with Crippen LogP contribution >= 0.6 is 0 Å². The first-order valence-corrected chi connectivity index (χ1v) is 2.77. The van der Waals surface area contributed by atoms with E-state index < -0.39 is 6.10 Å². The second kappa shape index (κ2) is 3.55. The highest BCUT2D eigenvalue weighted by molar-refractivity contribution is 4.64. The monoisotopic (exact) mass is 116 g/mol. The molecule has 2 N–H and O–H groups in total. The van der Waals surface area contributed by atoms with E-state index in [0.29, 0.717) is 6.42 Å². The summed E-state index contributed by atoms with van der Waals surface area (Å²) in [4.78, 5) is 0. The van der Waals surface area contributed by atoms with Gasteiger partial charge in [-0.15, -0.1) is 0 Å². The lowest BCUT2D eigenvalue weighted by Crippen LogP contribution is -2.18. The van der Waals surface area contributed by atoms with Crippen LogP contribution in [0.25, 0.3) is 0 Å². The summed E-state index contributed by atoms with van der Waals surface area (Å²) < 4.78 is 0. The molecule has 0 saturated carbocycles. The van der Waals surface area contributed by atoms with Gasteiger partial charge in [-0.25, -0.2) is 5.53 Å². The molecular weight excluding hydrogens is 104 g/mol. The molecule has 2 unspecified atom stereocenters. The average Bonchev–Trinajstić information content (AvgIpc) is 1.84. The minimum Gasteiger partial charge on any atom is -0.391 e. The summed E-state index contributed by atoms with van der Waals surface area (Å²) in [6, 6.07) is -0.236. The Morgan fingerprint density at radius 1 is 1.75 bits per heavy atom. The zero-order chi connectivity index (χ0) is 6.57. The molecule has 0 spiro atoms. The highest BCUT2D eigenvalue weighted by Crippen LogP contribution is 2.00. The molecule has 0 rings (SSSR count). The predicted molar refractivity (Wildman–Crippen MR) is 30.9 cm³/mol. The van der Waals surface area contributed by atoms with E-state index >= 15 is 0 Å². The molecule has 0 heterocycles. The number of aliphatic hydroxyl groups is 1. The molecule has 3 nitrogen and oxygen atoms in total. The standard InChI is InChI=1S/C5H12N2O/c1-3-5(8)4(2)7-6/h4-6,8H,3H2,1-2H3. The lowest BCUT2D eigenvalue weighted by Gasteiger charge is -2.08. The van der Waals surface area contributed by atoms with E-state index in [1.165, 1.54) is 0 Å². The first-order valence-electron chi connectivity index (χ1n) is 2.77. The SMILES string of the molecule is CCC(O)C(C)N=N. The Hall–Kier alpha value is -0.440. The van der Waals surface area contributed by atoms with E-state index in [1.807, 2.05) is 6.92 Å². The summed E-state index contributed by atoms with van der Waals surface area (Å²) in [5.41, 5.74) is 6.51. The summed E-state index contributed by atoms with van der Waals surface area (Å²) >= 11 is 0. The van der Waals surface area contributed by atoms with Gasteiger partial charge in [-0.05, 0) is 13.3 Å². The van der Waals surface area contributed by atoms with Crippen molar-refractivity contribution < 1.29 is 5.11 Å². The van der Waals surface area contributed by atoms with Gasteiger partial charge in [-0.3, -0.25) is 0 Å². The third kappa shape index (κ3) is 2.02. The van der Waals surface area contributed by atoms with E-state index in [9.17, 15) is 0 Å². The molecular formula is C5H12N2O. The molecule has 3 heteroatoms. The molecule has 0 aliphatic rings. The van der Waals surface area contributed by atoms with Crippen molar-refractivity contribution in [3.63, 3.8) is 0 Å². The molecule has 0 aliphatic heterocycles. The van der Waals surface area contributed by atoms with Crippen molar-refractivity contribution in [3.8, 4) is 0 Å². The topological polar surface area (TPSA) is 56.4 Å². The number of nitrogens with one attached hydrogen (secondary N) is 1. The van der Waals surface area contributed by atoms with Crippen molar-refractivity contribution in [1.29, 1.82) is 5.53 Å². The molecule has 0 aromatic carbocycles. The van der Waals surface area contributed by atoms with E-state index in [-0.39, 0.29) is 6.04 Å². The van der Waals surface area contributed by atoms with Crippen molar-refractivity contribution >= 4 is 0 Å². The maximum absolute atomic E-state index is 8.91. The predicted octanol–water partition coefficient (Wildman–Crippen LogP) is 1.18. The Labute approximate surface area is 49.2 Å². The van der Waals surface area contributed by atoms with Gasteiger partial charge >= 0.3 is 0 Å². The summed E-state index contributed by atoms with van der Waals surface area (Å²) in [5, 5.41) is 12.1. The lowest BCUT2D eigenvalue weighted by molar-refractivity contribution is 0.144. The van der Waals surface area contributed by atoms with Crippen LogP contribution in [0.5, 0.6) is 0 Å². The molecule has 0 bridgehead atoms. The van der Waals surface area contributed by atoms with Gasteiger partial charge < -0.3 is 5.11 Å². The summed E-state index contributed by atoms with van der Waals surface area (Å²) in [7, 11) is 0. The Morgan fingerprint density at radius 2 is 2.25 bits per heavy atom. The molecule has 0 saturated heterocycles. The highest BCUT2D eigenvalue weighted by atomic mass is 16.3. The molecule has 0 aliphatic carbocycles. The fraction of sp³-hybridized carbons (Fsp3) is 1.00. The average molecular weight is 116 g/mol. The van der Waals surface area contributed by atoms with Gasteiger partial charge in [-0.1, -0.05) is 6.92 Å². The third-order valence-electron chi connectivity index (χ3n) is 1.18. The molecule has 8 heavy (non-hydrogen) atoms. The highest BCUT2D eigenvalue weighted by Gasteiger charge is 2.08. The molecule has 48 valence electrons. The van der Waals surface area contributed by atoms with Gasteiger partial charge in [0.15, 0.2) is 0 Å². The maximum Gasteiger partial charge on any atom is 0.0935 e. The van der Waals surface area contributed by atoms with Crippen molar-refractivity contribution in [2.75, 3.05) is 0 Å². The van der Waals surface area contributed by atoms with Gasteiger partial charge in [0.1, 0.15) is 0 Å². The molecule has 0 aromatic heterocycles. The van der Waals surface area contributed by atoms with Gasteiger partial charge in [0.05, 0.1) is 12.1 Å². The molecule has 0 aromatic rings. The van der Waals surface area contributed by atoms with Gasteiger partial charge in [0, 0.05) is 0 Å². The fourth-order valence-corrected chi connectivity index (χ4v) is 0.427. The number of hydrogen-bond donors (Lipinski definition) is 2. The van der Waals surface area contributed by atoms with Crippen LogP contribution < -0.4 is 0 Å². The van der Waals surface area contributed by atoms with Gasteiger partial charge in [-0.2, -0.15) is 5.11 Å². The minimum atomic E-state index is -0.438. The van der Waals surface area contributed by atoms with Crippen LogP contribution in [0.2, 0.25) is 0 Å². The normalized spacial score (nSPS) is 17.4. The van der Waals surface area contributed by atoms with Crippen LogP contribution in [-0.2, 0) is 0 Å². The number of aliphatic hydroxyl groups excluding tert-OH is 1. The summed E-state index contributed by atoms with van der Waals surface area (Å²) in [6.45, 7) is 3.59. The van der Waals surface area contributed by atoms with Crippen LogP contribution in [-0.4, -0.2) is 17.3 Å². The molecule has 2 atom stereocenters. The van der Waals surface area contributed by atoms with Crippen molar-refractivity contribution in [2.24, 2.45) is 5.11 Å². The fourth-order valence-electron chi connectivity index (χ4n) is 0.427. The Balaban J connectivity index is 3.44. The number of nitrogens with zero attached hydrogens (tertiary/aromatic N) is 1. The van der Waals surface area contributed by atoms with Gasteiger partial charge in [0.2, 0.25) is 0 Å². The Bertz CT molecular complexity index is 74.8. The van der Waals surface area contributed by atoms with E-state index in [0.717, 1.165) is 0 Å². The van der Waals surface area contributed by atoms with Crippen molar-refractivity contribution in [1.82, 2.24) is 0 Å². The van der Waals surface area contributed by atoms with Crippen LogP contribution in [0.15, 0.2) is 5.11 Å². The zero-order valence-corrected chi connectivity index (χ0v) is 5.26.